The fraction of sp³-hybridized carbons (Fsp3) is 0.455. The van der Waals surface area contributed by atoms with Gasteiger partial charge in [-0.05, 0) is 41.4 Å². The zero-order valence-corrected chi connectivity index (χ0v) is 19.5. The molecule has 1 atom stereocenters. The summed E-state index contributed by atoms with van der Waals surface area (Å²) >= 11 is 3.69. The smallest absolute Gasteiger partial charge is 0.193 e. The summed E-state index contributed by atoms with van der Waals surface area (Å²) < 4.78 is 12.3. The number of rotatable bonds is 8. The lowest BCUT2D eigenvalue weighted by molar-refractivity contribution is 0.257. The number of hydrogen-bond acceptors (Lipinski definition) is 3. The van der Waals surface area contributed by atoms with Crippen molar-refractivity contribution in [2.75, 3.05) is 0 Å². The lowest BCUT2D eigenvalue weighted by Gasteiger charge is -2.38. The Bertz CT molecular complexity index is 726. The molecule has 0 radical (unpaired) electrons. The topological polar surface area (TPSA) is 38.7 Å². The minimum absolute atomic E-state index is 0.0407. The summed E-state index contributed by atoms with van der Waals surface area (Å²) in [5.41, 5.74) is 3.02. The average molecular weight is 451 g/mol. The summed E-state index contributed by atoms with van der Waals surface area (Å²) in [5.74, 6) is 0.724. The van der Waals surface area contributed by atoms with E-state index in [2.05, 4.69) is 49.8 Å². The fourth-order valence-electron chi connectivity index (χ4n) is 2.48. The molecule has 27 heavy (non-hydrogen) atoms. The molecule has 0 saturated heterocycles. The van der Waals surface area contributed by atoms with Gasteiger partial charge in [0.1, 0.15) is 17.4 Å². The molecule has 1 N–H and O–H groups in total. The molecule has 2 rings (SSSR count). The van der Waals surface area contributed by atoms with Gasteiger partial charge in [0, 0.05) is 12.0 Å². The number of halogens is 1. The van der Waals surface area contributed by atoms with Gasteiger partial charge in [-0.1, -0.05) is 73.1 Å². The van der Waals surface area contributed by atoms with Crippen LogP contribution in [-0.2, 0) is 24.1 Å². The molecule has 3 nitrogen and oxygen atoms in total. The van der Waals surface area contributed by atoms with E-state index in [0.29, 0.717) is 6.61 Å². The minimum atomic E-state index is -1.83. The van der Waals surface area contributed by atoms with Crippen molar-refractivity contribution in [1.82, 2.24) is 0 Å². The van der Waals surface area contributed by atoms with Gasteiger partial charge in [0.05, 0.1) is 6.61 Å². The van der Waals surface area contributed by atoms with E-state index in [1.165, 1.54) is 0 Å². The summed E-state index contributed by atoms with van der Waals surface area (Å²) in [4.78, 5) is 0. The Balaban J connectivity index is 2.02. The lowest BCUT2D eigenvalue weighted by atomic mass is 10.1. The Morgan fingerprint density at radius 3 is 2.30 bits per heavy atom. The molecule has 0 heterocycles. The molecule has 0 aromatic heterocycles. The highest BCUT2D eigenvalue weighted by Crippen LogP contribution is 2.38. The largest absolute Gasteiger partial charge is 0.489 e. The second kappa shape index (κ2) is 9.37. The SMILES string of the molecule is CC(C)(C)[Si](C)(C)OC(Br)Cc1ccc(OCc2ccccc2)c(CO)c1. The summed E-state index contributed by atoms with van der Waals surface area (Å²) in [6, 6.07) is 16.0. The number of ether oxygens (including phenoxy) is 1. The van der Waals surface area contributed by atoms with E-state index in [1.807, 2.05) is 48.5 Å². The van der Waals surface area contributed by atoms with Crippen LogP contribution in [0, 0.1) is 0 Å². The molecule has 0 aliphatic heterocycles. The first-order chi connectivity index (χ1) is 12.6. The molecule has 1 unspecified atom stereocenters. The summed E-state index contributed by atoms with van der Waals surface area (Å²) in [6.45, 7) is 11.7. The highest BCUT2D eigenvalue weighted by Gasteiger charge is 2.38. The molecule has 2 aromatic carbocycles. The van der Waals surface area contributed by atoms with Crippen molar-refractivity contribution in [2.24, 2.45) is 0 Å². The Morgan fingerprint density at radius 2 is 1.70 bits per heavy atom. The standard InChI is InChI=1S/C22H31BrO3Si/c1-22(2,3)27(4,5)26-21(23)14-18-11-12-20(19(13-18)15-24)25-16-17-9-7-6-8-10-17/h6-13,21,24H,14-16H2,1-5H3. The highest BCUT2D eigenvalue weighted by atomic mass is 79.9. The maximum Gasteiger partial charge on any atom is 0.193 e. The van der Waals surface area contributed by atoms with Gasteiger partial charge in [-0.3, -0.25) is 0 Å². The van der Waals surface area contributed by atoms with Gasteiger partial charge in [-0.2, -0.15) is 0 Å². The van der Waals surface area contributed by atoms with Gasteiger partial charge < -0.3 is 14.3 Å². The van der Waals surface area contributed by atoms with Crippen molar-refractivity contribution in [2.45, 2.75) is 63.6 Å². The van der Waals surface area contributed by atoms with Crippen LogP contribution in [0.25, 0.3) is 0 Å². The summed E-state index contributed by atoms with van der Waals surface area (Å²) in [5, 5.41) is 9.88. The second-order valence-electron chi connectivity index (χ2n) is 8.37. The van der Waals surface area contributed by atoms with E-state index < -0.39 is 8.32 Å². The molecule has 0 bridgehead atoms. The van der Waals surface area contributed by atoms with Crippen molar-refractivity contribution in [3.05, 3.63) is 65.2 Å². The quantitative estimate of drug-likeness (QED) is 0.393. The molecule has 2 aromatic rings. The van der Waals surface area contributed by atoms with Gasteiger partial charge >= 0.3 is 0 Å². The molecule has 0 spiro atoms. The van der Waals surface area contributed by atoms with Crippen LogP contribution in [0.3, 0.4) is 0 Å². The number of hydrogen-bond donors (Lipinski definition) is 1. The van der Waals surface area contributed by atoms with Crippen LogP contribution < -0.4 is 4.74 Å². The van der Waals surface area contributed by atoms with E-state index in [9.17, 15) is 5.11 Å². The molecule has 0 amide bonds. The van der Waals surface area contributed by atoms with Gasteiger partial charge in [0.15, 0.2) is 8.32 Å². The van der Waals surface area contributed by atoms with Crippen molar-refractivity contribution in [1.29, 1.82) is 0 Å². The van der Waals surface area contributed by atoms with E-state index in [-0.39, 0.29) is 16.7 Å². The molecular weight excluding hydrogens is 420 g/mol. The predicted molar refractivity (Wildman–Crippen MR) is 118 cm³/mol. The monoisotopic (exact) mass is 450 g/mol. The molecule has 0 aliphatic carbocycles. The molecule has 0 fully saturated rings. The third-order valence-corrected chi connectivity index (χ3v) is 10.5. The highest BCUT2D eigenvalue weighted by molar-refractivity contribution is 9.09. The van der Waals surface area contributed by atoms with Crippen molar-refractivity contribution in [3.63, 3.8) is 0 Å². The molecule has 0 saturated carbocycles. The third-order valence-electron chi connectivity index (χ3n) is 5.16. The van der Waals surface area contributed by atoms with Crippen molar-refractivity contribution >= 4 is 24.2 Å². The van der Waals surface area contributed by atoms with Gasteiger partial charge in [0.25, 0.3) is 0 Å². The number of benzene rings is 2. The Kier molecular flexibility index (Phi) is 7.69. The zero-order valence-electron chi connectivity index (χ0n) is 17.0. The maximum atomic E-state index is 9.75. The first kappa shape index (κ1) is 22.1. The Labute approximate surface area is 173 Å². The van der Waals surface area contributed by atoms with Gasteiger partial charge in [-0.15, -0.1) is 0 Å². The van der Waals surface area contributed by atoms with Crippen LogP contribution in [0.15, 0.2) is 48.5 Å². The van der Waals surface area contributed by atoms with Crippen LogP contribution in [0.4, 0.5) is 0 Å². The van der Waals surface area contributed by atoms with E-state index in [4.69, 9.17) is 9.16 Å². The third kappa shape index (κ3) is 6.45. The minimum Gasteiger partial charge on any atom is -0.489 e. The van der Waals surface area contributed by atoms with Crippen LogP contribution in [0.5, 0.6) is 5.75 Å². The van der Waals surface area contributed by atoms with E-state index >= 15 is 0 Å². The van der Waals surface area contributed by atoms with Gasteiger partial charge in [-0.25, -0.2) is 0 Å². The number of alkyl halides is 1. The summed E-state index contributed by atoms with van der Waals surface area (Å²) in [6.07, 6.45) is 0.748. The number of aliphatic hydroxyl groups excluding tert-OH is 1. The van der Waals surface area contributed by atoms with Crippen LogP contribution in [-0.4, -0.2) is 18.4 Å². The predicted octanol–water partition coefficient (Wildman–Crippen LogP) is 6.04. The van der Waals surface area contributed by atoms with E-state index in [0.717, 1.165) is 28.9 Å². The van der Waals surface area contributed by atoms with Crippen LogP contribution >= 0.6 is 15.9 Å². The summed E-state index contributed by atoms with van der Waals surface area (Å²) in [7, 11) is -1.83. The first-order valence-corrected chi connectivity index (χ1v) is 13.2. The fourth-order valence-corrected chi connectivity index (χ4v) is 5.33. The Hall–Kier alpha value is -1.14. The average Bonchev–Trinajstić information content (AvgIpc) is 2.59. The molecule has 0 aliphatic rings. The van der Waals surface area contributed by atoms with Crippen LogP contribution in [0.1, 0.15) is 37.5 Å². The van der Waals surface area contributed by atoms with Crippen LogP contribution in [0.2, 0.25) is 18.1 Å². The molecular formula is C22H31BrO3Si. The molecule has 148 valence electrons. The lowest BCUT2D eigenvalue weighted by Crippen LogP contribution is -2.43. The van der Waals surface area contributed by atoms with Gasteiger partial charge in [0.2, 0.25) is 0 Å². The second-order valence-corrected chi connectivity index (χ2v) is 14.1. The first-order valence-electron chi connectivity index (χ1n) is 9.33. The maximum absolute atomic E-state index is 9.75. The number of aliphatic hydroxyl groups is 1. The van der Waals surface area contributed by atoms with Crippen molar-refractivity contribution < 1.29 is 14.3 Å². The normalized spacial score (nSPS) is 13.4. The Morgan fingerprint density at radius 1 is 1.04 bits per heavy atom. The molecule has 5 heteroatoms. The van der Waals surface area contributed by atoms with Crippen molar-refractivity contribution in [3.8, 4) is 5.75 Å². The zero-order chi connectivity index (χ0) is 20.1. The van der Waals surface area contributed by atoms with E-state index in [1.54, 1.807) is 0 Å².